The van der Waals surface area contributed by atoms with Crippen molar-refractivity contribution in [3.8, 4) is 0 Å². The molecule has 0 bridgehead atoms. The molecule has 1 aliphatic rings. The minimum atomic E-state index is -3.97. The summed E-state index contributed by atoms with van der Waals surface area (Å²) in [6.07, 6.45) is 2.47. The molecule has 13 heteroatoms. The standard InChI is InChI=1S/C25H29ClN4O5S3/c1-2-3-4-22-23(10-12-25(28-22)29-37(31,32)24-11-5-18(27)17-21(24)26)36-19-6-8-20(9-7-19)38(33,34)30-13-15-35-16-14-30/h5-12,17H,2-4,13-16,27H2,1H3,(H,28,29). The smallest absolute Gasteiger partial charge is 0.264 e. The summed E-state index contributed by atoms with van der Waals surface area (Å²) in [6, 6.07) is 14.3. The van der Waals surface area contributed by atoms with Crippen LogP contribution < -0.4 is 10.5 Å². The molecule has 1 saturated heterocycles. The molecule has 1 fully saturated rings. The summed E-state index contributed by atoms with van der Waals surface area (Å²) in [5.74, 6) is 0.181. The van der Waals surface area contributed by atoms with Crippen LogP contribution in [0.4, 0.5) is 11.5 Å². The number of aryl methyl sites for hydroxylation is 1. The van der Waals surface area contributed by atoms with E-state index in [9.17, 15) is 16.8 Å². The van der Waals surface area contributed by atoms with Crippen molar-refractivity contribution in [2.24, 2.45) is 0 Å². The number of nitrogens with zero attached hydrogens (tertiary/aromatic N) is 2. The van der Waals surface area contributed by atoms with Gasteiger partial charge in [-0.05, 0) is 67.4 Å². The van der Waals surface area contributed by atoms with Crippen LogP contribution in [0.5, 0.6) is 0 Å². The van der Waals surface area contributed by atoms with Crippen molar-refractivity contribution in [3.63, 3.8) is 0 Å². The fourth-order valence-electron chi connectivity index (χ4n) is 3.83. The lowest BCUT2D eigenvalue weighted by Gasteiger charge is -2.26. The molecule has 9 nitrogen and oxygen atoms in total. The lowest BCUT2D eigenvalue weighted by molar-refractivity contribution is 0.0730. The average molecular weight is 597 g/mol. The summed E-state index contributed by atoms with van der Waals surface area (Å²) in [5, 5.41) is 0.0231. The first-order valence-corrected chi connectivity index (χ1v) is 16.2. The number of unbranched alkanes of at least 4 members (excludes halogenated alkanes) is 1. The van der Waals surface area contributed by atoms with E-state index in [-0.39, 0.29) is 20.6 Å². The number of hydrogen-bond acceptors (Lipinski definition) is 8. The van der Waals surface area contributed by atoms with Gasteiger partial charge in [0.15, 0.2) is 0 Å². The van der Waals surface area contributed by atoms with Gasteiger partial charge in [-0.25, -0.2) is 21.8 Å². The Hall–Kier alpha value is -2.35. The molecule has 0 aliphatic carbocycles. The van der Waals surface area contributed by atoms with E-state index in [1.54, 1.807) is 30.3 Å². The van der Waals surface area contributed by atoms with Gasteiger partial charge in [-0.15, -0.1) is 0 Å². The van der Waals surface area contributed by atoms with E-state index in [2.05, 4.69) is 16.6 Å². The van der Waals surface area contributed by atoms with Crippen molar-refractivity contribution in [3.05, 3.63) is 65.3 Å². The number of nitrogen functional groups attached to an aromatic ring is 1. The number of rotatable bonds is 10. The van der Waals surface area contributed by atoms with Crippen LogP contribution in [0.2, 0.25) is 5.02 Å². The minimum absolute atomic E-state index is 0.0231. The van der Waals surface area contributed by atoms with Crippen molar-refractivity contribution in [1.29, 1.82) is 0 Å². The normalized spacial score (nSPS) is 14.9. The van der Waals surface area contributed by atoms with Crippen LogP contribution in [-0.2, 0) is 31.2 Å². The van der Waals surface area contributed by atoms with Crippen molar-refractivity contribution >= 4 is 54.9 Å². The first-order valence-electron chi connectivity index (χ1n) is 12.0. The molecule has 0 spiro atoms. The Labute approximate surface area is 232 Å². The van der Waals surface area contributed by atoms with Crippen LogP contribution >= 0.6 is 23.4 Å². The second-order valence-corrected chi connectivity index (χ2v) is 13.7. The maximum absolute atomic E-state index is 12.9. The van der Waals surface area contributed by atoms with Crippen molar-refractivity contribution < 1.29 is 21.6 Å². The number of nitrogens with one attached hydrogen (secondary N) is 1. The quantitative estimate of drug-likeness (QED) is 0.324. The number of halogens is 1. The topological polar surface area (TPSA) is 132 Å². The highest BCUT2D eigenvalue weighted by Gasteiger charge is 2.26. The maximum Gasteiger partial charge on any atom is 0.264 e. The number of anilines is 2. The summed E-state index contributed by atoms with van der Waals surface area (Å²) in [6.45, 7) is 3.52. The van der Waals surface area contributed by atoms with Crippen LogP contribution in [0.3, 0.4) is 0 Å². The van der Waals surface area contributed by atoms with E-state index in [1.165, 1.54) is 34.3 Å². The third-order valence-corrected chi connectivity index (χ3v) is 10.7. The number of nitrogens with two attached hydrogens (primary N) is 1. The van der Waals surface area contributed by atoms with Crippen LogP contribution in [0, 0.1) is 0 Å². The van der Waals surface area contributed by atoms with Crippen molar-refractivity contribution in [2.75, 3.05) is 36.8 Å². The van der Waals surface area contributed by atoms with Crippen LogP contribution in [0.25, 0.3) is 0 Å². The van der Waals surface area contributed by atoms with E-state index in [4.69, 9.17) is 22.1 Å². The molecular weight excluding hydrogens is 568 g/mol. The zero-order valence-corrected chi connectivity index (χ0v) is 24.0. The van der Waals surface area contributed by atoms with Gasteiger partial charge < -0.3 is 10.5 Å². The van der Waals surface area contributed by atoms with Gasteiger partial charge in [-0.1, -0.05) is 36.7 Å². The summed E-state index contributed by atoms with van der Waals surface area (Å²) < 4.78 is 60.8. The predicted octanol–water partition coefficient (Wildman–Crippen LogP) is 4.63. The first-order chi connectivity index (χ1) is 18.1. The lowest BCUT2D eigenvalue weighted by atomic mass is 10.2. The van der Waals surface area contributed by atoms with E-state index < -0.39 is 20.0 Å². The van der Waals surface area contributed by atoms with Crippen molar-refractivity contribution in [1.82, 2.24) is 9.29 Å². The Morgan fingerprint density at radius 1 is 1.05 bits per heavy atom. The number of aromatic nitrogens is 1. The maximum atomic E-state index is 12.9. The van der Waals surface area contributed by atoms with E-state index >= 15 is 0 Å². The highest BCUT2D eigenvalue weighted by atomic mass is 35.5. The Kier molecular flexibility index (Phi) is 9.22. The molecule has 3 aromatic rings. The Bertz CT molecular complexity index is 1490. The van der Waals surface area contributed by atoms with Gasteiger partial charge in [-0.2, -0.15) is 4.31 Å². The zero-order chi connectivity index (χ0) is 27.3. The minimum Gasteiger partial charge on any atom is -0.399 e. The largest absolute Gasteiger partial charge is 0.399 e. The van der Waals surface area contributed by atoms with Gasteiger partial charge in [0.1, 0.15) is 10.7 Å². The predicted molar refractivity (Wildman–Crippen MR) is 150 cm³/mol. The molecule has 3 N–H and O–H groups in total. The van der Waals surface area contributed by atoms with Crippen LogP contribution in [0.1, 0.15) is 25.5 Å². The number of benzene rings is 2. The number of hydrogen-bond donors (Lipinski definition) is 2. The second kappa shape index (κ2) is 12.2. The van der Waals surface area contributed by atoms with Gasteiger partial charge in [0.25, 0.3) is 10.0 Å². The number of ether oxygens (including phenoxy) is 1. The molecule has 1 aromatic heterocycles. The fraction of sp³-hybridized carbons (Fsp3) is 0.320. The van der Waals surface area contributed by atoms with Gasteiger partial charge in [0, 0.05) is 28.6 Å². The fourth-order valence-corrected chi connectivity index (χ4v) is 7.72. The molecule has 0 atom stereocenters. The molecule has 2 aromatic carbocycles. The summed E-state index contributed by atoms with van der Waals surface area (Å²) in [4.78, 5) is 6.43. The van der Waals surface area contributed by atoms with E-state index in [0.29, 0.717) is 38.4 Å². The molecule has 1 aliphatic heterocycles. The molecule has 38 heavy (non-hydrogen) atoms. The molecule has 204 valence electrons. The highest BCUT2D eigenvalue weighted by Crippen LogP contribution is 2.33. The van der Waals surface area contributed by atoms with Crippen molar-refractivity contribution in [2.45, 2.75) is 45.8 Å². The molecule has 0 radical (unpaired) electrons. The number of pyridine rings is 1. The SMILES string of the molecule is CCCCc1nc(NS(=O)(=O)c2ccc(N)cc2Cl)ccc1Sc1ccc(S(=O)(=O)N2CCOCC2)cc1. The van der Waals surface area contributed by atoms with Gasteiger partial charge in [0.05, 0.1) is 28.8 Å². The molecule has 0 unspecified atom stereocenters. The average Bonchev–Trinajstić information content (AvgIpc) is 2.89. The first kappa shape index (κ1) is 28.7. The number of morpholine rings is 1. The Morgan fingerprint density at radius 3 is 2.42 bits per heavy atom. The second-order valence-electron chi connectivity index (χ2n) is 8.63. The summed E-state index contributed by atoms with van der Waals surface area (Å²) in [7, 11) is -7.55. The molecule has 0 amide bonds. The Morgan fingerprint density at radius 2 is 1.76 bits per heavy atom. The van der Waals surface area contributed by atoms with E-state index in [1.807, 2.05) is 6.07 Å². The third kappa shape index (κ3) is 6.80. The van der Waals surface area contributed by atoms with Gasteiger partial charge in [0.2, 0.25) is 10.0 Å². The zero-order valence-electron chi connectivity index (χ0n) is 20.8. The van der Waals surface area contributed by atoms with Gasteiger partial charge in [-0.3, -0.25) is 4.72 Å². The summed E-state index contributed by atoms with van der Waals surface area (Å²) in [5.41, 5.74) is 6.79. The molecule has 0 saturated carbocycles. The molecular formula is C25H29ClN4O5S3. The molecule has 4 rings (SSSR count). The van der Waals surface area contributed by atoms with Crippen LogP contribution in [0.15, 0.2) is 74.2 Å². The Balaban J connectivity index is 1.54. The highest BCUT2D eigenvalue weighted by molar-refractivity contribution is 7.99. The summed E-state index contributed by atoms with van der Waals surface area (Å²) >= 11 is 7.55. The number of sulfonamides is 2. The van der Waals surface area contributed by atoms with E-state index in [0.717, 1.165) is 28.3 Å². The lowest BCUT2D eigenvalue weighted by Crippen LogP contribution is -2.40. The monoisotopic (exact) mass is 596 g/mol. The molecule has 2 heterocycles. The van der Waals surface area contributed by atoms with Gasteiger partial charge >= 0.3 is 0 Å². The van der Waals surface area contributed by atoms with Crippen LogP contribution in [-0.4, -0.2) is 52.4 Å². The third-order valence-electron chi connectivity index (χ3n) is 5.84.